The summed E-state index contributed by atoms with van der Waals surface area (Å²) in [7, 11) is -3.35. The van der Waals surface area contributed by atoms with Crippen molar-refractivity contribution < 1.29 is 8.42 Å². The molecule has 0 bridgehead atoms. The molecule has 0 aliphatic rings. The van der Waals surface area contributed by atoms with E-state index in [1.807, 2.05) is 6.92 Å². The molecule has 0 aliphatic carbocycles. The van der Waals surface area contributed by atoms with Gasteiger partial charge in [0.1, 0.15) is 0 Å². The standard InChI is InChI=1S/C10H14BrClN2O2S/c1-2-13-5-6-17(15,16)14-10-7-8(12)3-4-9(10)11/h3-4,7,13-14H,2,5-6H2,1H3. The first-order valence-electron chi connectivity index (χ1n) is 5.11. The summed E-state index contributed by atoms with van der Waals surface area (Å²) in [6.45, 7) is 3.09. The first-order chi connectivity index (χ1) is 7.94. The van der Waals surface area contributed by atoms with Gasteiger partial charge in [-0.25, -0.2) is 8.42 Å². The summed E-state index contributed by atoms with van der Waals surface area (Å²) in [5, 5.41) is 3.44. The van der Waals surface area contributed by atoms with Gasteiger partial charge in [0.2, 0.25) is 10.0 Å². The van der Waals surface area contributed by atoms with E-state index in [0.717, 1.165) is 6.54 Å². The molecule has 4 nitrogen and oxygen atoms in total. The summed E-state index contributed by atoms with van der Waals surface area (Å²) >= 11 is 9.07. The second-order valence-electron chi connectivity index (χ2n) is 3.40. The van der Waals surface area contributed by atoms with Crippen LogP contribution >= 0.6 is 27.5 Å². The zero-order valence-corrected chi connectivity index (χ0v) is 12.5. The van der Waals surface area contributed by atoms with Crippen molar-refractivity contribution in [3.05, 3.63) is 27.7 Å². The Labute approximate surface area is 115 Å². The lowest BCUT2D eigenvalue weighted by atomic mass is 10.3. The van der Waals surface area contributed by atoms with Crippen LogP contribution in [0.15, 0.2) is 22.7 Å². The van der Waals surface area contributed by atoms with Gasteiger partial charge in [-0.3, -0.25) is 4.72 Å². The third-order valence-electron chi connectivity index (χ3n) is 1.99. The van der Waals surface area contributed by atoms with Crippen LogP contribution in [0, 0.1) is 0 Å². The van der Waals surface area contributed by atoms with Gasteiger partial charge in [0.15, 0.2) is 0 Å². The summed E-state index contributed by atoms with van der Waals surface area (Å²) in [4.78, 5) is 0. The lowest BCUT2D eigenvalue weighted by Gasteiger charge is -2.10. The first kappa shape index (κ1) is 14.8. The molecule has 1 rings (SSSR count). The number of hydrogen-bond donors (Lipinski definition) is 2. The highest BCUT2D eigenvalue weighted by molar-refractivity contribution is 9.10. The van der Waals surface area contributed by atoms with Crippen molar-refractivity contribution in [3.63, 3.8) is 0 Å². The normalized spacial score (nSPS) is 11.5. The number of rotatable bonds is 6. The third kappa shape index (κ3) is 5.25. The van der Waals surface area contributed by atoms with Crippen LogP contribution in [0.25, 0.3) is 0 Å². The molecule has 17 heavy (non-hydrogen) atoms. The van der Waals surface area contributed by atoms with Gasteiger partial charge in [0.05, 0.1) is 11.4 Å². The molecule has 0 saturated carbocycles. The smallest absolute Gasteiger partial charge is 0.234 e. The quantitative estimate of drug-likeness (QED) is 0.781. The molecule has 0 radical (unpaired) electrons. The molecule has 0 saturated heterocycles. The fourth-order valence-electron chi connectivity index (χ4n) is 1.18. The zero-order valence-electron chi connectivity index (χ0n) is 9.33. The maximum absolute atomic E-state index is 11.7. The van der Waals surface area contributed by atoms with Crippen molar-refractivity contribution >= 4 is 43.2 Å². The number of hydrogen-bond acceptors (Lipinski definition) is 3. The third-order valence-corrected chi connectivity index (χ3v) is 4.19. The second kappa shape index (κ2) is 6.58. The predicted molar refractivity (Wildman–Crippen MR) is 75.1 cm³/mol. The van der Waals surface area contributed by atoms with E-state index in [-0.39, 0.29) is 5.75 Å². The molecule has 0 amide bonds. The van der Waals surface area contributed by atoms with Crippen LogP contribution in [0.2, 0.25) is 5.02 Å². The van der Waals surface area contributed by atoms with Gasteiger partial charge in [0.25, 0.3) is 0 Å². The van der Waals surface area contributed by atoms with Gasteiger partial charge in [-0.05, 0) is 40.7 Å². The average Bonchev–Trinajstić information content (AvgIpc) is 2.23. The van der Waals surface area contributed by atoms with Gasteiger partial charge in [-0.2, -0.15) is 0 Å². The van der Waals surface area contributed by atoms with Crippen LogP contribution in [0.1, 0.15) is 6.92 Å². The Morgan fingerprint density at radius 1 is 1.41 bits per heavy atom. The van der Waals surface area contributed by atoms with Gasteiger partial charge in [-0.15, -0.1) is 0 Å². The van der Waals surface area contributed by atoms with Crippen LogP contribution in [-0.2, 0) is 10.0 Å². The molecule has 0 spiro atoms. The number of sulfonamides is 1. The minimum atomic E-state index is -3.35. The lowest BCUT2D eigenvalue weighted by molar-refractivity contribution is 0.597. The molecular formula is C10H14BrClN2O2S. The number of benzene rings is 1. The Morgan fingerprint density at radius 3 is 2.76 bits per heavy atom. The Kier molecular flexibility index (Phi) is 5.72. The average molecular weight is 342 g/mol. The van der Waals surface area contributed by atoms with Gasteiger partial charge >= 0.3 is 0 Å². The molecule has 0 aromatic heterocycles. The van der Waals surface area contributed by atoms with Gasteiger partial charge < -0.3 is 5.32 Å². The van der Waals surface area contributed by atoms with Crippen LogP contribution in [-0.4, -0.2) is 27.3 Å². The molecule has 1 aromatic carbocycles. The minimum absolute atomic E-state index is 0.0276. The molecule has 0 heterocycles. The van der Waals surface area contributed by atoms with E-state index >= 15 is 0 Å². The molecule has 0 aliphatic heterocycles. The van der Waals surface area contributed by atoms with Gasteiger partial charge in [0, 0.05) is 16.0 Å². The van der Waals surface area contributed by atoms with Crippen molar-refractivity contribution in [1.29, 1.82) is 0 Å². The Bertz CT molecular complexity index is 479. The van der Waals surface area contributed by atoms with Gasteiger partial charge in [-0.1, -0.05) is 18.5 Å². The Hall–Kier alpha value is -0.300. The molecule has 0 atom stereocenters. The summed E-state index contributed by atoms with van der Waals surface area (Å²) < 4.78 is 26.6. The SMILES string of the molecule is CCNCCS(=O)(=O)Nc1cc(Cl)ccc1Br. The van der Waals surface area contributed by atoms with E-state index in [1.54, 1.807) is 18.2 Å². The zero-order chi connectivity index (χ0) is 12.9. The summed E-state index contributed by atoms with van der Waals surface area (Å²) in [6, 6.07) is 4.95. The molecule has 0 unspecified atom stereocenters. The largest absolute Gasteiger partial charge is 0.316 e. The fourth-order valence-corrected chi connectivity index (χ4v) is 2.85. The summed E-state index contributed by atoms with van der Waals surface area (Å²) in [5.41, 5.74) is 0.453. The van der Waals surface area contributed by atoms with E-state index in [2.05, 4.69) is 26.0 Å². The molecule has 96 valence electrons. The monoisotopic (exact) mass is 340 g/mol. The summed E-state index contributed by atoms with van der Waals surface area (Å²) in [6.07, 6.45) is 0. The molecule has 0 fully saturated rings. The maximum atomic E-state index is 11.7. The van der Waals surface area contributed by atoms with Crippen molar-refractivity contribution in [2.45, 2.75) is 6.92 Å². The van der Waals surface area contributed by atoms with Crippen LogP contribution in [0.4, 0.5) is 5.69 Å². The minimum Gasteiger partial charge on any atom is -0.316 e. The number of anilines is 1. The Balaban J connectivity index is 2.72. The van der Waals surface area contributed by atoms with E-state index in [4.69, 9.17) is 11.6 Å². The Morgan fingerprint density at radius 2 is 2.12 bits per heavy atom. The highest BCUT2D eigenvalue weighted by Gasteiger charge is 2.12. The van der Waals surface area contributed by atoms with Crippen LogP contribution in [0.3, 0.4) is 0 Å². The summed E-state index contributed by atoms with van der Waals surface area (Å²) in [5.74, 6) is 0.0276. The van der Waals surface area contributed by atoms with Crippen molar-refractivity contribution in [2.24, 2.45) is 0 Å². The van der Waals surface area contributed by atoms with Crippen LogP contribution in [0.5, 0.6) is 0 Å². The fraction of sp³-hybridized carbons (Fsp3) is 0.400. The van der Waals surface area contributed by atoms with E-state index in [0.29, 0.717) is 21.7 Å². The van der Waals surface area contributed by atoms with Crippen molar-refractivity contribution in [3.8, 4) is 0 Å². The van der Waals surface area contributed by atoms with Crippen molar-refractivity contribution in [2.75, 3.05) is 23.6 Å². The van der Waals surface area contributed by atoms with E-state index in [1.165, 1.54) is 0 Å². The molecule has 1 aromatic rings. The number of halogens is 2. The predicted octanol–water partition coefficient (Wildman–Crippen LogP) is 2.45. The molecule has 7 heteroatoms. The molecular weight excluding hydrogens is 328 g/mol. The van der Waals surface area contributed by atoms with E-state index in [9.17, 15) is 8.42 Å². The number of nitrogens with one attached hydrogen (secondary N) is 2. The highest BCUT2D eigenvalue weighted by atomic mass is 79.9. The highest BCUT2D eigenvalue weighted by Crippen LogP contribution is 2.26. The van der Waals surface area contributed by atoms with E-state index < -0.39 is 10.0 Å². The maximum Gasteiger partial charge on any atom is 0.234 e. The van der Waals surface area contributed by atoms with Crippen molar-refractivity contribution in [1.82, 2.24) is 5.32 Å². The topological polar surface area (TPSA) is 58.2 Å². The van der Waals surface area contributed by atoms with Crippen LogP contribution < -0.4 is 10.0 Å². The lowest BCUT2D eigenvalue weighted by Crippen LogP contribution is -2.26. The first-order valence-corrected chi connectivity index (χ1v) is 7.93. The second-order valence-corrected chi connectivity index (χ2v) is 6.53. The molecule has 2 N–H and O–H groups in total.